The number of ether oxygens (including phenoxy) is 1. The Morgan fingerprint density at radius 2 is 1.72 bits per heavy atom. The second-order valence-corrected chi connectivity index (χ2v) is 10.9. The van der Waals surface area contributed by atoms with Gasteiger partial charge in [0.05, 0.1) is 25.5 Å². The van der Waals surface area contributed by atoms with E-state index in [1.807, 2.05) is 31.5 Å². The number of nitrogens with zero attached hydrogens (tertiary/aromatic N) is 3. The van der Waals surface area contributed by atoms with Crippen molar-refractivity contribution in [3.63, 3.8) is 0 Å². The SMILES string of the molecule is COC(=O)C1(C)N=CN(C(C)c2ccccc2)C1CC1CCC(C(c2ccc(F)cc2)N(C)C)CC1. The second-order valence-electron chi connectivity index (χ2n) is 10.9. The molecule has 1 aliphatic carbocycles. The number of hydrogen-bond acceptors (Lipinski definition) is 5. The van der Waals surface area contributed by atoms with Crippen LogP contribution in [0.5, 0.6) is 0 Å². The van der Waals surface area contributed by atoms with Crippen molar-refractivity contribution in [3.8, 4) is 0 Å². The molecular weight excluding hydrogens is 453 g/mol. The van der Waals surface area contributed by atoms with E-state index in [1.54, 1.807) is 12.1 Å². The third-order valence-corrected chi connectivity index (χ3v) is 8.46. The van der Waals surface area contributed by atoms with Gasteiger partial charge in [-0.2, -0.15) is 0 Å². The van der Waals surface area contributed by atoms with Gasteiger partial charge < -0.3 is 14.5 Å². The Balaban J connectivity index is 1.48. The van der Waals surface area contributed by atoms with Crippen molar-refractivity contribution in [2.75, 3.05) is 21.2 Å². The standard InChI is InChI=1S/C30H40FN3O2/c1-21(23-9-7-6-8-10-23)34-20-32-30(2,29(35)36-5)27(34)19-22-11-13-24(14-12-22)28(33(3)4)25-15-17-26(31)18-16-25/h6-10,15-18,20-22,24,27-28H,11-14,19H2,1-5H3. The molecule has 0 spiro atoms. The van der Waals surface area contributed by atoms with Crippen molar-refractivity contribution >= 4 is 12.3 Å². The van der Waals surface area contributed by atoms with Crippen molar-refractivity contribution in [1.29, 1.82) is 0 Å². The van der Waals surface area contributed by atoms with Crippen molar-refractivity contribution in [1.82, 2.24) is 9.80 Å². The van der Waals surface area contributed by atoms with Gasteiger partial charge in [0.15, 0.2) is 5.54 Å². The number of halogens is 1. The summed E-state index contributed by atoms with van der Waals surface area (Å²) in [5.74, 6) is 0.567. The molecule has 36 heavy (non-hydrogen) atoms. The van der Waals surface area contributed by atoms with Gasteiger partial charge in [0.2, 0.25) is 0 Å². The molecule has 0 bridgehead atoms. The van der Waals surface area contributed by atoms with E-state index in [9.17, 15) is 9.18 Å². The maximum absolute atomic E-state index is 13.5. The molecule has 4 unspecified atom stereocenters. The van der Waals surface area contributed by atoms with Crippen LogP contribution in [-0.2, 0) is 9.53 Å². The van der Waals surface area contributed by atoms with Crippen molar-refractivity contribution < 1.29 is 13.9 Å². The second kappa shape index (κ2) is 11.1. The van der Waals surface area contributed by atoms with Crippen LogP contribution < -0.4 is 0 Å². The molecule has 1 heterocycles. The maximum Gasteiger partial charge on any atom is 0.335 e. The highest BCUT2D eigenvalue weighted by Gasteiger charge is 2.50. The summed E-state index contributed by atoms with van der Waals surface area (Å²) in [5, 5.41) is 0. The fraction of sp³-hybridized carbons (Fsp3) is 0.533. The Morgan fingerprint density at radius 3 is 2.31 bits per heavy atom. The van der Waals surface area contributed by atoms with Crippen LogP contribution in [0.25, 0.3) is 0 Å². The van der Waals surface area contributed by atoms with Gasteiger partial charge >= 0.3 is 5.97 Å². The van der Waals surface area contributed by atoms with Crippen LogP contribution in [0.2, 0.25) is 0 Å². The molecule has 0 N–H and O–H groups in total. The first-order valence-corrected chi connectivity index (χ1v) is 13.1. The highest BCUT2D eigenvalue weighted by atomic mass is 19.1. The summed E-state index contributed by atoms with van der Waals surface area (Å²) in [6.45, 7) is 4.10. The largest absolute Gasteiger partial charge is 0.467 e. The third-order valence-electron chi connectivity index (χ3n) is 8.46. The Morgan fingerprint density at radius 1 is 1.08 bits per heavy atom. The van der Waals surface area contributed by atoms with Crippen molar-refractivity contribution in [2.45, 2.75) is 69.6 Å². The number of rotatable bonds is 8. The third kappa shape index (κ3) is 5.34. The summed E-state index contributed by atoms with van der Waals surface area (Å²) in [6.07, 6.45) is 7.21. The Labute approximate surface area is 215 Å². The molecule has 4 rings (SSSR count). The number of esters is 1. The van der Waals surface area contributed by atoms with Crippen LogP contribution >= 0.6 is 0 Å². The van der Waals surface area contributed by atoms with Gasteiger partial charge in [-0.25, -0.2) is 9.18 Å². The molecule has 5 nitrogen and oxygen atoms in total. The predicted molar refractivity (Wildman–Crippen MR) is 142 cm³/mol. The zero-order valence-electron chi connectivity index (χ0n) is 22.2. The Hall–Kier alpha value is -2.73. The van der Waals surface area contributed by atoms with E-state index in [-0.39, 0.29) is 29.9 Å². The summed E-state index contributed by atoms with van der Waals surface area (Å²) in [4.78, 5) is 22.1. The van der Waals surface area contributed by atoms with Crippen LogP contribution in [0.15, 0.2) is 59.6 Å². The number of benzene rings is 2. The normalized spacial score (nSPS) is 27.8. The minimum absolute atomic E-state index is 0.0524. The smallest absolute Gasteiger partial charge is 0.335 e. The van der Waals surface area contributed by atoms with E-state index in [1.165, 1.54) is 18.2 Å². The average molecular weight is 494 g/mol. The molecule has 1 aliphatic heterocycles. The van der Waals surface area contributed by atoms with Crippen LogP contribution in [0.1, 0.15) is 69.2 Å². The van der Waals surface area contributed by atoms with Crippen LogP contribution in [0.4, 0.5) is 4.39 Å². The zero-order chi connectivity index (χ0) is 25.9. The number of carbonyl (C=O) groups is 1. The number of hydrogen-bond donors (Lipinski definition) is 0. The highest BCUT2D eigenvalue weighted by Crippen LogP contribution is 2.44. The van der Waals surface area contributed by atoms with Gasteiger partial charge in [-0.05, 0) is 82.3 Å². The summed E-state index contributed by atoms with van der Waals surface area (Å²) >= 11 is 0. The van der Waals surface area contributed by atoms with Gasteiger partial charge in [-0.3, -0.25) is 4.99 Å². The van der Waals surface area contributed by atoms with Crippen LogP contribution in [0.3, 0.4) is 0 Å². The first kappa shape index (κ1) is 26.3. The Bertz CT molecular complexity index is 1030. The monoisotopic (exact) mass is 493 g/mol. The summed E-state index contributed by atoms with van der Waals surface area (Å²) in [6, 6.07) is 17.7. The van der Waals surface area contributed by atoms with Gasteiger partial charge in [-0.15, -0.1) is 0 Å². The molecule has 0 aromatic heterocycles. The molecule has 2 aromatic rings. The summed E-state index contributed by atoms with van der Waals surface area (Å²) in [5.41, 5.74) is 1.48. The van der Waals surface area contributed by atoms with E-state index < -0.39 is 5.54 Å². The lowest BCUT2D eigenvalue weighted by Crippen LogP contribution is -2.51. The van der Waals surface area contributed by atoms with Gasteiger partial charge in [0.25, 0.3) is 0 Å². The first-order valence-electron chi connectivity index (χ1n) is 13.1. The lowest BCUT2D eigenvalue weighted by molar-refractivity contribution is -0.148. The molecule has 1 saturated carbocycles. The van der Waals surface area contributed by atoms with Crippen molar-refractivity contribution in [3.05, 3.63) is 71.5 Å². The van der Waals surface area contributed by atoms with Gasteiger partial charge in [-0.1, -0.05) is 55.3 Å². The van der Waals surface area contributed by atoms with E-state index in [0.717, 1.165) is 32.1 Å². The minimum atomic E-state index is -0.908. The molecule has 2 aliphatic rings. The molecular formula is C30H40FN3O2. The van der Waals surface area contributed by atoms with Crippen LogP contribution in [-0.4, -0.2) is 54.9 Å². The molecule has 0 amide bonds. The average Bonchev–Trinajstić information content (AvgIpc) is 3.22. The van der Waals surface area contributed by atoms with E-state index in [4.69, 9.17) is 9.73 Å². The van der Waals surface area contributed by atoms with Gasteiger partial charge in [0, 0.05) is 6.04 Å². The molecule has 4 atom stereocenters. The molecule has 1 fully saturated rings. The highest BCUT2D eigenvalue weighted by molar-refractivity contribution is 5.86. The quantitative estimate of drug-likeness (QED) is 0.421. The maximum atomic E-state index is 13.5. The fourth-order valence-electron chi connectivity index (χ4n) is 6.37. The molecule has 6 heteroatoms. The minimum Gasteiger partial charge on any atom is -0.467 e. The lowest BCUT2D eigenvalue weighted by atomic mass is 9.73. The number of methoxy groups -OCH3 is 1. The zero-order valence-corrected chi connectivity index (χ0v) is 22.2. The van der Waals surface area contributed by atoms with Crippen LogP contribution in [0, 0.1) is 17.7 Å². The first-order chi connectivity index (χ1) is 17.2. The fourth-order valence-corrected chi connectivity index (χ4v) is 6.37. The van der Waals surface area contributed by atoms with E-state index in [2.05, 4.69) is 55.1 Å². The number of carbonyl (C=O) groups excluding carboxylic acids is 1. The summed E-state index contributed by atoms with van der Waals surface area (Å²) < 4.78 is 18.7. The number of aliphatic imine (C=N–C) groups is 1. The predicted octanol–water partition coefficient (Wildman–Crippen LogP) is 6.03. The molecule has 194 valence electrons. The van der Waals surface area contributed by atoms with Gasteiger partial charge in [0.1, 0.15) is 5.82 Å². The topological polar surface area (TPSA) is 45.1 Å². The molecule has 0 saturated heterocycles. The molecule has 2 aromatic carbocycles. The molecule has 0 radical (unpaired) electrons. The van der Waals surface area contributed by atoms with E-state index >= 15 is 0 Å². The lowest BCUT2D eigenvalue weighted by Gasteiger charge is -2.41. The summed E-state index contributed by atoms with van der Waals surface area (Å²) in [7, 11) is 5.67. The van der Waals surface area contributed by atoms with Crippen molar-refractivity contribution in [2.24, 2.45) is 16.8 Å². The Kier molecular flexibility index (Phi) is 8.13. The van der Waals surface area contributed by atoms with E-state index in [0.29, 0.717) is 11.8 Å².